The van der Waals surface area contributed by atoms with Crippen LogP contribution >= 0.6 is 0 Å². The zero-order valence-electron chi connectivity index (χ0n) is 17.3. The molecule has 156 valence electrons. The smallest absolute Gasteiger partial charge is 0.141 e. The van der Waals surface area contributed by atoms with Crippen molar-refractivity contribution in [3.05, 3.63) is 72.1 Å². The lowest BCUT2D eigenvalue weighted by Gasteiger charge is -2.56. The number of aromatic nitrogens is 4. The molecule has 6 nitrogen and oxygen atoms in total. The Bertz CT molecular complexity index is 1240. The minimum Gasteiger partial charge on any atom is -0.353 e. The Balaban J connectivity index is 1.17. The van der Waals surface area contributed by atoms with Crippen LogP contribution in [0.4, 0.5) is 10.2 Å². The van der Waals surface area contributed by atoms with Crippen molar-refractivity contribution in [3.63, 3.8) is 0 Å². The molecule has 0 aliphatic carbocycles. The Morgan fingerprint density at radius 3 is 2.71 bits per heavy atom. The third-order valence-electron chi connectivity index (χ3n) is 6.61. The fourth-order valence-corrected chi connectivity index (χ4v) is 4.93. The number of piperazine rings is 1. The zero-order chi connectivity index (χ0) is 20.9. The van der Waals surface area contributed by atoms with E-state index in [-0.39, 0.29) is 5.82 Å². The highest BCUT2D eigenvalue weighted by Gasteiger charge is 2.44. The van der Waals surface area contributed by atoms with Gasteiger partial charge in [-0.05, 0) is 43.2 Å². The number of piperidine rings is 1. The Labute approximate surface area is 179 Å². The van der Waals surface area contributed by atoms with Gasteiger partial charge in [0.25, 0.3) is 0 Å². The summed E-state index contributed by atoms with van der Waals surface area (Å²) in [4.78, 5) is 21.3. The lowest BCUT2D eigenvalue weighted by molar-refractivity contribution is -0.00946. The first-order valence-electron chi connectivity index (χ1n) is 10.7. The second-order valence-corrected chi connectivity index (χ2v) is 8.58. The summed E-state index contributed by atoms with van der Waals surface area (Å²) >= 11 is 0. The van der Waals surface area contributed by atoms with Crippen LogP contribution < -0.4 is 4.90 Å². The maximum absolute atomic E-state index is 14.3. The fraction of sp³-hybridized carbons (Fsp3) is 0.292. The first kappa shape index (κ1) is 18.4. The molecule has 0 saturated carbocycles. The van der Waals surface area contributed by atoms with E-state index < -0.39 is 0 Å². The van der Waals surface area contributed by atoms with Gasteiger partial charge in [0.05, 0.1) is 5.69 Å². The number of fused-ring (bicyclic) bond motifs is 3. The first-order valence-corrected chi connectivity index (χ1v) is 10.7. The van der Waals surface area contributed by atoms with Gasteiger partial charge < -0.3 is 9.88 Å². The van der Waals surface area contributed by atoms with Crippen LogP contribution in [0, 0.1) is 12.7 Å². The average Bonchev–Trinajstić information content (AvgIpc) is 3.28. The molecule has 7 rings (SSSR count). The molecule has 3 fully saturated rings. The highest BCUT2D eigenvalue weighted by molar-refractivity contribution is 5.90. The molecule has 1 N–H and O–H groups in total. The van der Waals surface area contributed by atoms with E-state index in [1.165, 1.54) is 6.42 Å². The summed E-state index contributed by atoms with van der Waals surface area (Å²) in [7, 11) is 0. The summed E-state index contributed by atoms with van der Waals surface area (Å²) in [6.45, 7) is 4.45. The number of nitrogens with one attached hydrogen (secondary N) is 1. The predicted molar refractivity (Wildman–Crippen MR) is 118 cm³/mol. The van der Waals surface area contributed by atoms with Crippen LogP contribution in [0.2, 0.25) is 0 Å². The number of anilines is 1. The van der Waals surface area contributed by atoms with Gasteiger partial charge in [-0.25, -0.2) is 19.3 Å². The van der Waals surface area contributed by atoms with E-state index in [0.717, 1.165) is 52.3 Å². The first-order chi connectivity index (χ1) is 15.2. The minimum absolute atomic E-state index is 0.0969. The number of nitrogens with zero attached hydrogens (tertiary/aromatic N) is 5. The van der Waals surface area contributed by atoms with Crippen molar-refractivity contribution in [3.8, 4) is 11.3 Å². The molecule has 2 atom stereocenters. The number of hydrogen-bond acceptors (Lipinski definition) is 5. The van der Waals surface area contributed by atoms with Crippen LogP contribution in [0.5, 0.6) is 0 Å². The maximum Gasteiger partial charge on any atom is 0.141 e. The van der Waals surface area contributed by atoms with Crippen LogP contribution in [0.1, 0.15) is 17.5 Å². The second-order valence-electron chi connectivity index (χ2n) is 8.58. The van der Waals surface area contributed by atoms with Crippen molar-refractivity contribution < 1.29 is 4.39 Å². The van der Waals surface area contributed by atoms with Gasteiger partial charge >= 0.3 is 0 Å². The zero-order valence-corrected chi connectivity index (χ0v) is 17.3. The van der Waals surface area contributed by atoms with Gasteiger partial charge in [-0.2, -0.15) is 0 Å². The molecule has 1 aromatic carbocycles. The number of pyridine rings is 1. The van der Waals surface area contributed by atoms with E-state index in [4.69, 9.17) is 4.98 Å². The summed E-state index contributed by atoms with van der Waals surface area (Å²) < 4.78 is 14.3. The van der Waals surface area contributed by atoms with Gasteiger partial charge in [-0.3, -0.25) is 4.90 Å². The van der Waals surface area contributed by atoms with E-state index in [1.807, 2.05) is 37.5 Å². The van der Waals surface area contributed by atoms with E-state index >= 15 is 0 Å². The van der Waals surface area contributed by atoms with Gasteiger partial charge in [0.1, 0.15) is 23.6 Å². The summed E-state index contributed by atoms with van der Waals surface area (Å²) in [6, 6.07) is 12.6. The number of benzene rings is 1. The van der Waals surface area contributed by atoms with Gasteiger partial charge in [-0.1, -0.05) is 12.1 Å². The molecule has 6 heterocycles. The molecule has 0 spiro atoms. The van der Waals surface area contributed by atoms with Gasteiger partial charge in [0.2, 0.25) is 0 Å². The number of hydrogen-bond donors (Lipinski definition) is 1. The molecule has 0 radical (unpaired) electrons. The number of halogens is 1. The summed E-state index contributed by atoms with van der Waals surface area (Å²) in [6.07, 6.45) is 6.52. The van der Waals surface area contributed by atoms with E-state index in [0.29, 0.717) is 18.6 Å². The lowest BCUT2D eigenvalue weighted by Crippen LogP contribution is -2.68. The number of aryl methyl sites for hydroxylation is 1. The van der Waals surface area contributed by atoms with Crippen molar-refractivity contribution >= 4 is 16.9 Å². The third-order valence-corrected chi connectivity index (χ3v) is 6.61. The van der Waals surface area contributed by atoms with E-state index in [1.54, 1.807) is 12.4 Å². The summed E-state index contributed by atoms with van der Waals surface area (Å²) in [5, 5.41) is 0.996. The SMILES string of the molecule is Cc1ccc(CN2C3CC2CN(c2ccc(-c4ncnc5[nH]ccc45)cn2)C3)c(F)c1. The Morgan fingerprint density at radius 1 is 1.06 bits per heavy atom. The van der Waals surface area contributed by atoms with Crippen molar-refractivity contribution in [1.29, 1.82) is 0 Å². The molecule has 2 bridgehead atoms. The number of aromatic amines is 1. The van der Waals surface area contributed by atoms with Crippen molar-refractivity contribution in [2.45, 2.75) is 32.0 Å². The topological polar surface area (TPSA) is 60.9 Å². The molecule has 3 aliphatic rings. The van der Waals surface area contributed by atoms with Gasteiger partial charge in [0.15, 0.2) is 0 Å². The highest BCUT2D eigenvalue weighted by Crippen LogP contribution is 2.36. The second kappa shape index (κ2) is 7.13. The summed E-state index contributed by atoms with van der Waals surface area (Å²) in [5.74, 6) is 0.888. The van der Waals surface area contributed by atoms with Crippen LogP contribution in [0.3, 0.4) is 0 Å². The molecule has 3 aliphatic heterocycles. The van der Waals surface area contributed by atoms with Gasteiger partial charge in [0, 0.05) is 60.6 Å². The molecule has 4 aromatic rings. The molecule has 2 unspecified atom stereocenters. The van der Waals surface area contributed by atoms with Crippen molar-refractivity contribution in [1.82, 2.24) is 24.8 Å². The molecule has 3 saturated heterocycles. The van der Waals surface area contributed by atoms with Crippen LogP contribution in [-0.2, 0) is 6.54 Å². The Hall–Kier alpha value is -3.32. The van der Waals surface area contributed by atoms with Crippen molar-refractivity contribution in [2.24, 2.45) is 0 Å². The van der Waals surface area contributed by atoms with E-state index in [2.05, 4.69) is 36.9 Å². The van der Waals surface area contributed by atoms with Crippen LogP contribution in [0.25, 0.3) is 22.3 Å². The Morgan fingerprint density at radius 2 is 1.94 bits per heavy atom. The molecule has 7 heteroatoms. The quantitative estimate of drug-likeness (QED) is 0.548. The fourth-order valence-electron chi connectivity index (χ4n) is 4.93. The predicted octanol–water partition coefficient (Wildman–Crippen LogP) is 3.93. The van der Waals surface area contributed by atoms with Gasteiger partial charge in [-0.15, -0.1) is 0 Å². The number of rotatable bonds is 4. The molecule has 3 aromatic heterocycles. The Kier molecular flexibility index (Phi) is 4.24. The minimum atomic E-state index is -0.0969. The van der Waals surface area contributed by atoms with Crippen LogP contribution in [-0.4, -0.2) is 50.0 Å². The van der Waals surface area contributed by atoms with Crippen molar-refractivity contribution in [2.75, 3.05) is 18.0 Å². The summed E-state index contributed by atoms with van der Waals surface area (Å²) in [5.41, 5.74) is 4.45. The largest absolute Gasteiger partial charge is 0.353 e. The average molecular weight is 414 g/mol. The van der Waals surface area contributed by atoms with E-state index in [9.17, 15) is 4.39 Å². The molecule has 31 heavy (non-hydrogen) atoms. The highest BCUT2D eigenvalue weighted by atomic mass is 19.1. The molecule has 0 amide bonds. The monoisotopic (exact) mass is 414 g/mol. The standard InChI is InChI=1S/C24H23FN6/c1-15-2-3-17(21(25)8-15)11-31-18-9-19(31)13-30(12-18)22-5-4-16(10-27-22)23-20-6-7-26-24(20)29-14-28-23/h2-8,10,14,18-19H,9,11-13H2,1H3,(H,26,28,29). The third kappa shape index (κ3) is 3.16. The molecular weight excluding hydrogens is 391 g/mol. The lowest BCUT2D eigenvalue weighted by atomic mass is 9.86. The molecular formula is C24H23FN6. The normalized spacial score (nSPS) is 20.8. The number of H-pyrrole nitrogens is 1. The van der Waals surface area contributed by atoms with Crippen LogP contribution in [0.15, 0.2) is 55.1 Å². The maximum atomic E-state index is 14.3.